The summed E-state index contributed by atoms with van der Waals surface area (Å²) in [7, 11) is 0. The van der Waals surface area contributed by atoms with Gasteiger partial charge in [-0.05, 0) is 35.9 Å². The molecule has 88 valence electrons. The number of hydrogen-bond donors (Lipinski definition) is 0. The van der Waals surface area contributed by atoms with Crippen LogP contribution in [0.15, 0.2) is 53.0 Å². The summed E-state index contributed by atoms with van der Waals surface area (Å²) in [6, 6.07) is 16.4. The molecule has 3 aromatic rings. The maximum atomic E-state index is 4.57. The monoisotopic (exact) mass is 315 g/mol. The molecule has 0 atom stereocenters. The molecule has 2 aromatic carbocycles. The van der Waals surface area contributed by atoms with Gasteiger partial charge in [0.05, 0.1) is 10.2 Å². The first kappa shape index (κ1) is 11.6. The minimum atomic E-state index is 1.04. The Hall–Kier alpha value is -1.45. The summed E-state index contributed by atoms with van der Waals surface area (Å²) in [5, 5.41) is 1.04. The Morgan fingerprint density at radius 2 is 1.89 bits per heavy atom. The van der Waals surface area contributed by atoms with E-state index in [0.29, 0.717) is 0 Å². The lowest BCUT2D eigenvalue weighted by Gasteiger charge is -1.93. The predicted octanol–water partition coefficient (Wildman–Crippen LogP) is 5.23. The largest absolute Gasteiger partial charge is 0.237 e. The smallest absolute Gasteiger partial charge is 0.117 e. The van der Waals surface area contributed by atoms with Crippen LogP contribution in [0.25, 0.3) is 22.4 Å². The van der Waals surface area contributed by atoms with Crippen molar-refractivity contribution in [1.29, 1.82) is 0 Å². The number of halogens is 1. The Morgan fingerprint density at radius 3 is 2.72 bits per heavy atom. The van der Waals surface area contributed by atoms with E-state index in [1.54, 1.807) is 11.3 Å². The molecule has 0 saturated heterocycles. The van der Waals surface area contributed by atoms with Gasteiger partial charge < -0.3 is 0 Å². The van der Waals surface area contributed by atoms with Crippen LogP contribution in [-0.2, 0) is 0 Å². The molecule has 0 fully saturated rings. The Kier molecular flexibility index (Phi) is 3.26. The van der Waals surface area contributed by atoms with E-state index in [0.717, 1.165) is 15.0 Å². The third kappa shape index (κ3) is 2.52. The van der Waals surface area contributed by atoms with Crippen molar-refractivity contribution in [2.75, 3.05) is 0 Å². The fourth-order valence-corrected chi connectivity index (χ4v) is 3.03. The first-order valence-corrected chi connectivity index (χ1v) is 7.21. The molecule has 0 amide bonds. The molecule has 0 aliphatic rings. The Labute approximate surface area is 118 Å². The van der Waals surface area contributed by atoms with Gasteiger partial charge in [-0.15, -0.1) is 11.3 Å². The van der Waals surface area contributed by atoms with Gasteiger partial charge in [0.15, 0.2) is 0 Å². The van der Waals surface area contributed by atoms with Crippen LogP contribution in [0.2, 0.25) is 0 Å². The number of aromatic nitrogens is 1. The summed E-state index contributed by atoms with van der Waals surface area (Å²) in [5.41, 5.74) is 2.24. The molecular weight excluding hydrogens is 306 g/mol. The second-order valence-electron chi connectivity index (χ2n) is 3.91. The number of fused-ring (bicyclic) bond motifs is 1. The molecule has 0 unspecified atom stereocenters. The lowest BCUT2D eigenvalue weighted by Crippen LogP contribution is -1.72. The average molecular weight is 316 g/mol. The molecule has 3 heteroatoms. The number of hydrogen-bond acceptors (Lipinski definition) is 2. The average Bonchev–Trinajstić information content (AvgIpc) is 2.79. The maximum absolute atomic E-state index is 4.57. The van der Waals surface area contributed by atoms with Gasteiger partial charge in [0, 0.05) is 4.47 Å². The minimum Gasteiger partial charge on any atom is -0.237 e. The molecule has 0 aliphatic carbocycles. The number of rotatable bonds is 2. The van der Waals surface area contributed by atoms with E-state index in [1.807, 2.05) is 30.3 Å². The standard InChI is InChI=1S/C15H10BrNS/c16-12-5-3-4-11(10-12)8-9-15-17-13-6-1-2-7-14(13)18-15/h1-10H/b9-8+. The van der Waals surface area contributed by atoms with Crippen LogP contribution in [0.4, 0.5) is 0 Å². The van der Waals surface area contributed by atoms with Gasteiger partial charge in [-0.25, -0.2) is 4.98 Å². The Balaban J connectivity index is 1.92. The van der Waals surface area contributed by atoms with E-state index in [1.165, 1.54) is 10.3 Å². The topological polar surface area (TPSA) is 12.9 Å². The highest BCUT2D eigenvalue weighted by Crippen LogP contribution is 2.23. The highest BCUT2D eigenvalue weighted by atomic mass is 79.9. The van der Waals surface area contributed by atoms with E-state index in [2.05, 4.69) is 51.3 Å². The van der Waals surface area contributed by atoms with Crippen LogP contribution in [0, 0.1) is 0 Å². The molecule has 0 aliphatic heterocycles. The van der Waals surface area contributed by atoms with Crippen LogP contribution in [0.5, 0.6) is 0 Å². The normalized spacial score (nSPS) is 11.4. The van der Waals surface area contributed by atoms with Crippen LogP contribution in [0.1, 0.15) is 10.6 Å². The summed E-state index contributed by atoms with van der Waals surface area (Å²) in [4.78, 5) is 4.57. The van der Waals surface area contributed by atoms with Gasteiger partial charge in [-0.3, -0.25) is 0 Å². The summed E-state index contributed by atoms with van der Waals surface area (Å²) in [5.74, 6) is 0. The summed E-state index contributed by atoms with van der Waals surface area (Å²) < 4.78 is 2.32. The van der Waals surface area contributed by atoms with Gasteiger partial charge in [0.25, 0.3) is 0 Å². The molecule has 0 radical (unpaired) electrons. The SMILES string of the molecule is Brc1cccc(/C=C/c2nc3ccccc3s2)c1. The van der Waals surface area contributed by atoms with Crippen LogP contribution in [0.3, 0.4) is 0 Å². The van der Waals surface area contributed by atoms with Crippen molar-refractivity contribution in [3.63, 3.8) is 0 Å². The van der Waals surface area contributed by atoms with Crippen molar-refractivity contribution in [3.05, 3.63) is 63.6 Å². The second kappa shape index (κ2) is 5.04. The molecule has 0 N–H and O–H groups in total. The first-order chi connectivity index (χ1) is 8.81. The number of benzene rings is 2. The molecule has 1 nitrogen and oxygen atoms in total. The maximum Gasteiger partial charge on any atom is 0.117 e. The van der Waals surface area contributed by atoms with E-state index in [4.69, 9.17) is 0 Å². The van der Waals surface area contributed by atoms with E-state index in [-0.39, 0.29) is 0 Å². The third-order valence-electron chi connectivity index (χ3n) is 2.58. The van der Waals surface area contributed by atoms with Gasteiger partial charge in [-0.2, -0.15) is 0 Å². The summed E-state index contributed by atoms with van der Waals surface area (Å²) in [6.45, 7) is 0. The lowest BCUT2D eigenvalue weighted by molar-refractivity contribution is 1.46. The van der Waals surface area contributed by atoms with E-state index in [9.17, 15) is 0 Å². The van der Waals surface area contributed by atoms with Gasteiger partial charge in [0.1, 0.15) is 5.01 Å². The summed E-state index contributed by atoms with van der Waals surface area (Å²) >= 11 is 5.18. The third-order valence-corrected chi connectivity index (χ3v) is 4.07. The number of nitrogens with zero attached hydrogens (tertiary/aromatic N) is 1. The molecule has 1 aromatic heterocycles. The van der Waals surface area contributed by atoms with Crippen molar-refractivity contribution >= 4 is 49.6 Å². The highest BCUT2D eigenvalue weighted by Gasteiger charge is 1.99. The van der Waals surface area contributed by atoms with E-state index < -0.39 is 0 Å². The van der Waals surface area contributed by atoms with Crippen molar-refractivity contribution in [1.82, 2.24) is 4.98 Å². The Morgan fingerprint density at radius 1 is 1.00 bits per heavy atom. The molecule has 0 saturated carbocycles. The molecular formula is C15H10BrNS. The van der Waals surface area contributed by atoms with Crippen molar-refractivity contribution in [2.24, 2.45) is 0 Å². The minimum absolute atomic E-state index is 1.04. The zero-order valence-corrected chi connectivity index (χ0v) is 11.9. The van der Waals surface area contributed by atoms with Crippen LogP contribution >= 0.6 is 27.3 Å². The summed E-state index contributed by atoms with van der Waals surface area (Å²) in [6.07, 6.45) is 4.15. The fraction of sp³-hybridized carbons (Fsp3) is 0. The number of para-hydroxylation sites is 1. The van der Waals surface area contributed by atoms with Crippen LogP contribution in [-0.4, -0.2) is 4.98 Å². The molecule has 3 rings (SSSR count). The molecule has 0 bridgehead atoms. The zero-order valence-electron chi connectivity index (χ0n) is 9.51. The molecule has 0 spiro atoms. The highest BCUT2D eigenvalue weighted by molar-refractivity contribution is 9.10. The second-order valence-corrected chi connectivity index (χ2v) is 5.89. The van der Waals surface area contributed by atoms with Gasteiger partial charge in [-0.1, -0.05) is 46.3 Å². The molecule has 18 heavy (non-hydrogen) atoms. The van der Waals surface area contributed by atoms with Crippen molar-refractivity contribution in [2.45, 2.75) is 0 Å². The zero-order chi connectivity index (χ0) is 12.4. The van der Waals surface area contributed by atoms with Crippen molar-refractivity contribution < 1.29 is 0 Å². The first-order valence-electron chi connectivity index (χ1n) is 5.60. The Bertz CT molecular complexity index is 682. The number of thiazole rings is 1. The quantitative estimate of drug-likeness (QED) is 0.631. The molecule has 1 heterocycles. The van der Waals surface area contributed by atoms with Gasteiger partial charge in [0.2, 0.25) is 0 Å². The van der Waals surface area contributed by atoms with Crippen LogP contribution < -0.4 is 0 Å². The lowest BCUT2D eigenvalue weighted by atomic mass is 10.2. The van der Waals surface area contributed by atoms with E-state index >= 15 is 0 Å². The van der Waals surface area contributed by atoms with Crippen molar-refractivity contribution in [3.8, 4) is 0 Å². The fourth-order valence-electron chi connectivity index (χ4n) is 1.74. The predicted molar refractivity (Wildman–Crippen MR) is 82.7 cm³/mol. The van der Waals surface area contributed by atoms with Gasteiger partial charge >= 0.3 is 0 Å².